The Hall–Kier alpha value is -2.12. The third-order valence-corrected chi connectivity index (χ3v) is 5.23. The lowest BCUT2D eigenvalue weighted by Gasteiger charge is -2.26. The van der Waals surface area contributed by atoms with Crippen LogP contribution in [0.1, 0.15) is 34.6 Å². The van der Waals surface area contributed by atoms with Crippen molar-refractivity contribution >= 4 is 45.7 Å². The molecule has 1 saturated heterocycles. The van der Waals surface area contributed by atoms with Gasteiger partial charge in [0.2, 0.25) is 0 Å². The molecule has 0 spiro atoms. The molecule has 2 heterocycles. The summed E-state index contributed by atoms with van der Waals surface area (Å²) in [5.41, 5.74) is 1.22. The van der Waals surface area contributed by atoms with Gasteiger partial charge in [0.1, 0.15) is 4.88 Å². The Kier molecular flexibility index (Phi) is 5.55. The number of thiazole rings is 1. The van der Waals surface area contributed by atoms with Gasteiger partial charge in [-0.1, -0.05) is 29.0 Å². The molecule has 3 amide bonds. The van der Waals surface area contributed by atoms with E-state index in [1.807, 2.05) is 4.90 Å². The SMILES string of the molecule is Cc1nc(NC(=O)Nc2cccc(Cl)c2)sc1C(=O)N1CCCCC1. The van der Waals surface area contributed by atoms with Crippen molar-refractivity contribution < 1.29 is 9.59 Å². The Labute approximate surface area is 155 Å². The van der Waals surface area contributed by atoms with Crippen LogP contribution < -0.4 is 10.6 Å². The second kappa shape index (κ2) is 7.84. The van der Waals surface area contributed by atoms with E-state index in [0.29, 0.717) is 26.4 Å². The molecule has 0 radical (unpaired) electrons. The number of likely N-dealkylation sites (tertiary alicyclic amines) is 1. The van der Waals surface area contributed by atoms with Gasteiger partial charge in [0.15, 0.2) is 5.13 Å². The zero-order chi connectivity index (χ0) is 17.8. The fourth-order valence-electron chi connectivity index (χ4n) is 2.71. The molecule has 132 valence electrons. The summed E-state index contributed by atoms with van der Waals surface area (Å²) in [5, 5.41) is 6.30. The Bertz CT molecular complexity index is 787. The molecule has 25 heavy (non-hydrogen) atoms. The fraction of sp³-hybridized carbons (Fsp3) is 0.353. The lowest BCUT2D eigenvalue weighted by Crippen LogP contribution is -2.35. The highest BCUT2D eigenvalue weighted by atomic mass is 35.5. The van der Waals surface area contributed by atoms with Crippen LogP contribution in [0.3, 0.4) is 0 Å². The van der Waals surface area contributed by atoms with Gasteiger partial charge in [-0.05, 0) is 44.4 Å². The number of carbonyl (C=O) groups is 2. The van der Waals surface area contributed by atoms with E-state index in [4.69, 9.17) is 11.6 Å². The van der Waals surface area contributed by atoms with Crippen molar-refractivity contribution in [2.45, 2.75) is 26.2 Å². The highest BCUT2D eigenvalue weighted by Gasteiger charge is 2.23. The van der Waals surface area contributed by atoms with Crippen LogP contribution in [0.5, 0.6) is 0 Å². The maximum absolute atomic E-state index is 12.6. The average Bonchev–Trinajstić information content (AvgIpc) is 2.95. The first kappa shape index (κ1) is 17.7. The van der Waals surface area contributed by atoms with E-state index in [1.165, 1.54) is 17.8 Å². The molecular weight excluding hydrogens is 360 g/mol. The van der Waals surface area contributed by atoms with E-state index in [1.54, 1.807) is 31.2 Å². The first-order valence-corrected chi connectivity index (χ1v) is 9.32. The molecule has 1 aromatic carbocycles. The Morgan fingerprint density at radius 2 is 1.96 bits per heavy atom. The molecule has 3 rings (SSSR count). The number of nitrogens with one attached hydrogen (secondary N) is 2. The van der Waals surface area contributed by atoms with E-state index < -0.39 is 6.03 Å². The smallest absolute Gasteiger partial charge is 0.325 e. The van der Waals surface area contributed by atoms with E-state index >= 15 is 0 Å². The van der Waals surface area contributed by atoms with Crippen LogP contribution in [-0.4, -0.2) is 34.9 Å². The lowest BCUT2D eigenvalue weighted by atomic mass is 10.1. The number of rotatable bonds is 3. The van der Waals surface area contributed by atoms with Crippen LogP contribution in [0, 0.1) is 6.92 Å². The van der Waals surface area contributed by atoms with Crippen molar-refractivity contribution in [1.29, 1.82) is 0 Å². The van der Waals surface area contributed by atoms with Crippen molar-refractivity contribution in [3.63, 3.8) is 0 Å². The Balaban J connectivity index is 1.65. The maximum Gasteiger partial charge on any atom is 0.325 e. The number of aromatic nitrogens is 1. The number of nitrogens with zero attached hydrogens (tertiary/aromatic N) is 2. The van der Waals surface area contributed by atoms with Crippen molar-refractivity contribution in [1.82, 2.24) is 9.88 Å². The minimum Gasteiger partial charge on any atom is -0.338 e. The first-order chi connectivity index (χ1) is 12.0. The molecule has 0 atom stereocenters. The number of urea groups is 1. The van der Waals surface area contributed by atoms with Gasteiger partial charge < -0.3 is 10.2 Å². The van der Waals surface area contributed by atoms with Crippen LogP contribution in [-0.2, 0) is 0 Å². The summed E-state index contributed by atoms with van der Waals surface area (Å²) >= 11 is 7.10. The van der Waals surface area contributed by atoms with Gasteiger partial charge in [-0.2, -0.15) is 0 Å². The molecule has 0 unspecified atom stereocenters. The monoisotopic (exact) mass is 378 g/mol. The topological polar surface area (TPSA) is 74.3 Å². The van der Waals surface area contributed by atoms with Gasteiger partial charge in [-0.3, -0.25) is 10.1 Å². The first-order valence-electron chi connectivity index (χ1n) is 8.13. The molecule has 0 saturated carbocycles. The van der Waals surface area contributed by atoms with Crippen molar-refractivity contribution in [2.75, 3.05) is 23.7 Å². The number of hydrogen-bond acceptors (Lipinski definition) is 4. The minimum absolute atomic E-state index is 0.00185. The van der Waals surface area contributed by atoms with E-state index in [2.05, 4.69) is 15.6 Å². The van der Waals surface area contributed by atoms with Crippen LogP contribution in [0.25, 0.3) is 0 Å². The van der Waals surface area contributed by atoms with E-state index in [-0.39, 0.29) is 5.91 Å². The predicted molar refractivity (Wildman–Crippen MR) is 101 cm³/mol. The Morgan fingerprint density at radius 1 is 1.20 bits per heavy atom. The molecule has 2 aromatic rings. The van der Waals surface area contributed by atoms with Gasteiger partial charge in [0.25, 0.3) is 5.91 Å². The second-order valence-electron chi connectivity index (χ2n) is 5.88. The quantitative estimate of drug-likeness (QED) is 0.832. The summed E-state index contributed by atoms with van der Waals surface area (Å²) in [5.74, 6) is -0.00185. The molecule has 1 aliphatic heterocycles. The van der Waals surface area contributed by atoms with Gasteiger partial charge >= 0.3 is 6.03 Å². The molecular formula is C17H19ClN4O2S. The molecule has 0 aliphatic carbocycles. The number of amides is 3. The number of benzene rings is 1. The highest BCUT2D eigenvalue weighted by molar-refractivity contribution is 7.17. The zero-order valence-electron chi connectivity index (χ0n) is 13.8. The van der Waals surface area contributed by atoms with Gasteiger partial charge in [-0.15, -0.1) is 0 Å². The standard InChI is InChI=1S/C17H19ClN4O2S/c1-11-14(15(23)22-8-3-2-4-9-22)25-17(19-11)21-16(24)20-13-7-5-6-12(18)10-13/h5-7,10H,2-4,8-9H2,1H3,(H2,19,20,21,24). The summed E-state index contributed by atoms with van der Waals surface area (Å²) in [6.07, 6.45) is 3.25. The summed E-state index contributed by atoms with van der Waals surface area (Å²) in [4.78, 5) is 31.4. The van der Waals surface area contributed by atoms with Crippen LogP contribution >= 0.6 is 22.9 Å². The molecule has 6 nitrogen and oxygen atoms in total. The van der Waals surface area contributed by atoms with Crippen molar-refractivity contribution in [2.24, 2.45) is 0 Å². The van der Waals surface area contributed by atoms with Crippen molar-refractivity contribution in [3.8, 4) is 0 Å². The summed E-state index contributed by atoms with van der Waals surface area (Å²) in [6.45, 7) is 3.36. The number of anilines is 2. The minimum atomic E-state index is -0.423. The number of aryl methyl sites for hydroxylation is 1. The third-order valence-electron chi connectivity index (χ3n) is 3.94. The Morgan fingerprint density at radius 3 is 2.68 bits per heavy atom. The van der Waals surface area contributed by atoms with Crippen LogP contribution in [0.4, 0.5) is 15.6 Å². The van der Waals surface area contributed by atoms with E-state index in [9.17, 15) is 9.59 Å². The molecule has 1 fully saturated rings. The molecule has 1 aliphatic rings. The zero-order valence-corrected chi connectivity index (χ0v) is 15.4. The van der Waals surface area contributed by atoms with Crippen molar-refractivity contribution in [3.05, 3.63) is 39.9 Å². The number of piperidine rings is 1. The molecule has 0 bridgehead atoms. The fourth-order valence-corrected chi connectivity index (χ4v) is 3.83. The average molecular weight is 379 g/mol. The molecule has 1 aromatic heterocycles. The van der Waals surface area contributed by atoms with Crippen LogP contribution in [0.2, 0.25) is 5.02 Å². The van der Waals surface area contributed by atoms with E-state index in [0.717, 1.165) is 25.9 Å². The molecule has 8 heteroatoms. The normalized spacial score (nSPS) is 14.2. The summed E-state index contributed by atoms with van der Waals surface area (Å²) in [7, 11) is 0. The predicted octanol–water partition coefficient (Wildman–Crippen LogP) is 4.38. The van der Waals surface area contributed by atoms with Gasteiger partial charge in [0.05, 0.1) is 5.69 Å². The number of halogens is 1. The third kappa shape index (κ3) is 4.49. The van der Waals surface area contributed by atoms with Crippen LogP contribution in [0.15, 0.2) is 24.3 Å². The van der Waals surface area contributed by atoms with Gasteiger partial charge in [-0.25, -0.2) is 9.78 Å². The summed E-state index contributed by atoms with van der Waals surface area (Å²) in [6, 6.07) is 6.45. The largest absolute Gasteiger partial charge is 0.338 e. The molecule has 2 N–H and O–H groups in total. The highest BCUT2D eigenvalue weighted by Crippen LogP contribution is 2.25. The summed E-state index contributed by atoms with van der Waals surface area (Å²) < 4.78 is 0. The van der Waals surface area contributed by atoms with Gasteiger partial charge in [0, 0.05) is 23.8 Å². The maximum atomic E-state index is 12.6. The number of hydrogen-bond donors (Lipinski definition) is 2. The second-order valence-corrected chi connectivity index (χ2v) is 7.31. The number of carbonyl (C=O) groups excluding carboxylic acids is 2. The lowest BCUT2D eigenvalue weighted by molar-refractivity contribution is 0.0728.